The summed E-state index contributed by atoms with van der Waals surface area (Å²) in [5.41, 5.74) is 12.7. The van der Waals surface area contributed by atoms with E-state index < -0.39 is 12.2 Å². The third kappa shape index (κ3) is 25.5. The molecule has 0 radical (unpaired) electrons. The van der Waals surface area contributed by atoms with Crippen molar-refractivity contribution in [3.8, 4) is 0 Å². The maximum absolute atomic E-state index is 13.8. The molecule has 4 aromatic rings. The van der Waals surface area contributed by atoms with Crippen LogP contribution in [0.2, 0.25) is 0 Å². The average molecular weight is 1280 g/mol. The van der Waals surface area contributed by atoms with Crippen LogP contribution in [0.25, 0.3) is 55.1 Å². The van der Waals surface area contributed by atoms with Gasteiger partial charge in [0.25, 0.3) is 0 Å². The molecule has 23 heteroatoms. The smallest absolute Gasteiger partial charge is 0.409 e. The molecule has 0 unspecified atom stereocenters. The van der Waals surface area contributed by atoms with Crippen molar-refractivity contribution >= 4 is 67.3 Å². The second-order valence-corrected chi connectivity index (χ2v) is 21.7. The molecule has 4 heterocycles. The van der Waals surface area contributed by atoms with Crippen LogP contribution in [0, 0.1) is 6.92 Å². The van der Waals surface area contributed by atoms with Gasteiger partial charge in [0.2, 0.25) is 0 Å². The first-order valence-electron chi connectivity index (χ1n) is 32.4. The minimum atomic E-state index is -0.453. The lowest BCUT2D eigenvalue weighted by atomic mass is 9.98. The highest BCUT2D eigenvalue weighted by Gasteiger charge is 2.23. The van der Waals surface area contributed by atoms with Crippen molar-refractivity contribution in [2.45, 2.75) is 72.6 Å². The van der Waals surface area contributed by atoms with Gasteiger partial charge in [0.05, 0.1) is 184 Å². The van der Waals surface area contributed by atoms with Gasteiger partial charge in [-0.05, 0) is 127 Å². The fourth-order valence-corrected chi connectivity index (χ4v) is 10.3. The molecule has 2 aliphatic rings. The zero-order chi connectivity index (χ0) is 65.4. The van der Waals surface area contributed by atoms with Crippen molar-refractivity contribution < 1.29 is 75.9 Å². The Bertz CT molecular complexity index is 3080. The molecule has 0 spiro atoms. The third-order valence-electron chi connectivity index (χ3n) is 15.4. The Morgan fingerprint density at radius 1 is 0.424 bits per heavy atom. The number of hydrogen-bond donors (Lipinski definition) is 1. The summed E-state index contributed by atoms with van der Waals surface area (Å²) in [5.74, 6) is 0. The summed E-state index contributed by atoms with van der Waals surface area (Å²) >= 11 is 0. The molecule has 2 aromatic heterocycles. The molecule has 0 fully saturated rings. The van der Waals surface area contributed by atoms with Crippen LogP contribution in [0.4, 0.5) is 9.59 Å². The number of nitrogens with one attached hydrogen (secondary N) is 1. The zero-order valence-corrected chi connectivity index (χ0v) is 55.8. The highest BCUT2D eigenvalue weighted by atomic mass is 16.6. The van der Waals surface area contributed by atoms with E-state index in [0.29, 0.717) is 195 Å². The molecular formula is C69H101N7O16. The molecule has 0 saturated carbocycles. The van der Waals surface area contributed by atoms with Gasteiger partial charge in [-0.15, -0.1) is 0 Å². The van der Waals surface area contributed by atoms with E-state index in [9.17, 15) is 9.59 Å². The minimum absolute atomic E-state index is 0.170. The lowest BCUT2D eigenvalue weighted by Crippen LogP contribution is -2.37. The number of benzene rings is 2. The number of carbonyl (C=O) groups is 2. The van der Waals surface area contributed by atoms with Crippen LogP contribution >= 0.6 is 0 Å². The Morgan fingerprint density at radius 3 is 1.32 bits per heavy atom. The van der Waals surface area contributed by atoms with Crippen molar-refractivity contribution in [2.75, 3.05) is 200 Å². The number of ether oxygens (including phenoxy) is 14. The van der Waals surface area contributed by atoms with E-state index in [1.807, 2.05) is 24.5 Å². The molecule has 2 amide bonds. The molecule has 0 atom stereocenters. The van der Waals surface area contributed by atoms with Crippen molar-refractivity contribution in [3.05, 3.63) is 94.8 Å². The lowest BCUT2D eigenvalue weighted by Gasteiger charge is -2.22. The molecule has 92 heavy (non-hydrogen) atoms. The first kappa shape index (κ1) is 74.7. The molecule has 508 valence electrons. The molecule has 1 N–H and O–H groups in total. The zero-order valence-electron chi connectivity index (χ0n) is 55.8. The van der Waals surface area contributed by atoms with Crippen LogP contribution < -0.4 is 0 Å². The highest BCUT2D eigenvalue weighted by Crippen LogP contribution is 2.38. The number of methoxy groups -OCH3 is 4. The van der Waals surface area contributed by atoms with E-state index >= 15 is 0 Å². The molecular weight excluding hydrogens is 1180 g/mol. The van der Waals surface area contributed by atoms with Gasteiger partial charge < -0.3 is 81.1 Å². The van der Waals surface area contributed by atoms with E-state index in [1.54, 1.807) is 38.2 Å². The first-order chi connectivity index (χ1) is 45.1. The SMILES string of the molecule is CCC1=C(CC)c2cc3[nH]c(cnc4cc5ccccc5cc4ncc4nc(cc1n2)C(CCCOC(=O)N(CCOCCOCCOC)CCOCCOCCOC)=C4C)c(C)c3CCCOC(=O)N(CCOCCOCCCOC)CCOCCOCCOC. The van der Waals surface area contributed by atoms with E-state index in [0.717, 1.165) is 97.3 Å². The van der Waals surface area contributed by atoms with Crippen molar-refractivity contribution in [3.63, 3.8) is 0 Å². The molecule has 23 nitrogen and oxygen atoms in total. The maximum atomic E-state index is 13.8. The molecule has 2 aliphatic heterocycles. The molecule has 6 bridgehead atoms. The number of fused-ring (bicyclic) bond motifs is 8. The monoisotopic (exact) mass is 1280 g/mol. The minimum Gasteiger partial charge on any atom is -0.449 e. The summed E-state index contributed by atoms with van der Waals surface area (Å²) in [4.78, 5) is 55.4. The topological polar surface area (TPSA) is 237 Å². The van der Waals surface area contributed by atoms with Gasteiger partial charge in [0.1, 0.15) is 0 Å². The lowest BCUT2D eigenvalue weighted by molar-refractivity contribution is 0.00804. The normalized spacial score (nSPS) is 12.3. The number of nitrogens with zero attached hydrogens (tertiary/aromatic N) is 6. The largest absolute Gasteiger partial charge is 0.449 e. The second kappa shape index (κ2) is 44.3. The van der Waals surface area contributed by atoms with Gasteiger partial charge in [-0.25, -0.2) is 19.6 Å². The summed E-state index contributed by atoms with van der Waals surface area (Å²) in [6.07, 6.45) is 7.35. The van der Waals surface area contributed by atoms with Gasteiger partial charge in [-0.1, -0.05) is 38.1 Å². The van der Waals surface area contributed by atoms with Gasteiger partial charge in [-0.3, -0.25) is 9.97 Å². The van der Waals surface area contributed by atoms with E-state index in [-0.39, 0.29) is 13.2 Å². The van der Waals surface area contributed by atoms with E-state index in [4.69, 9.17) is 86.3 Å². The van der Waals surface area contributed by atoms with Gasteiger partial charge in [0, 0.05) is 73.3 Å². The Morgan fingerprint density at radius 2 is 0.837 bits per heavy atom. The van der Waals surface area contributed by atoms with E-state index in [1.165, 1.54) is 0 Å². The molecule has 6 rings (SSSR count). The standard InChI is InChI=1S/C69H101N7O16/c1-9-56-57(10-2)61-49-63-59(19-14-27-92-69(78)76(22-30-86-41-44-89-36-33-81-7)23-31-87-42-45-90-37-34-82-8)53(4)67(74-63)51-71-65-47-55-17-12-11-16-54(55)46-64(65)70-50-66-52(3)58(62(73-66)48-60(56)72-61)18-13-26-91-68(77)75(21-29-85-40-43-88-35-32-80-6)20-28-84-39-38-83-25-15-24-79-5/h11-12,16-17,46-51,73H,9-10,13-15,18-45H2,1-8H3. The van der Waals surface area contributed by atoms with Gasteiger partial charge in [0.15, 0.2) is 0 Å². The predicted octanol–water partition coefficient (Wildman–Crippen LogP) is 10.2. The predicted molar refractivity (Wildman–Crippen MR) is 355 cm³/mol. The highest BCUT2D eigenvalue weighted by molar-refractivity contribution is 5.96. The van der Waals surface area contributed by atoms with Crippen molar-refractivity contribution in [2.24, 2.45) is 0 Å². The number of amides is 2. The van der Waals surface area contributed by atoms with Crippen LogP contribution in [0.3, 0.4) is 0 Å². The molecule has 2 aromatic carbocycles. The maximum Gasteiger partial charge on any atom is 0.409 e. The summed E-state index contributed by atoms with van der Waals surface area (Å²) < 4.78 is 77.7. The number of carbonyl (C=O) groups excluding carboxylic acids is 2. The Balaban J connectivity index is 1.25. The number of aryl methyl sites for hydroxylation is 2. The number of hydrogen-bond acceptors (Lipinski definition) is 20. The van der Waals surface area contributed by atoms with Crippen LogP contribution in [0.1, 0.15) is 93.2 Å². The summed E-state index contributed by atoms with van der Waals surface area (Å²) in [6.45, 7) is 18.7. The Kier molecular flexibility index (Phi) is 36.0. The number of aromatic nitrogens is 5. The number of H-pyrrole nitrogens is 1. The fraction of sp³-hybridized carbons (Fsp3) is 0.594. The average Bonchev–Trinajstić information content (AvgIpc) is 1.64. The number of allylic oxidation sites excluding steroid dienone is 4. The second-order valence-electron chi connectivity index (χ2n) is 21.7. The quantitative estimate of drug-likeness (QED) is 0.0405. The molecule has 0 aliphatic carbocycles. The summed E-state index contributed by atoms with van der Waals surface area (Å²) in [6, 6.07) is 16.5. The van der Waals surface area contributed by atoms with Crippen LogP contribution in [0.15, 0.2) is 60.9 Å². The fourth-order valence-electron chi connectivity index (χ4n) is 10.3. The van der Waals surface area contributed by atoms with Crippen molar-refractivity contribution in [1.82, 2.24) is 34.7 Å². The third-order valence-corrected chi connectivity index (χ3v) is 15.4. The summed E-state index contributed by atoms with van der Waals surface area (Å²) in [7, 11) is 6.56. The van der Waals surface area contributed by atoms with Crippen LogP contribution in [-0.4, -0.2) is 247 Å². The number of aromatic amines is 1. The summed E-state index contributed by atoms with van der Waals surface area (Å²) in [5, 5.41) is 2.05. The van der Waals surface area contributed by atoms with Crippen molar-refractivity contribution in [1.29, 1.82) is 0 Å². The van der Waals surface area contributed by atoms with Gasteiger partial charge >= 0.3 is 12.2 Å². The van der Waals surface area contributed by atoms with Crippen LogP contribution in [-0.2, 0) is 72.7 Å². The van der Waals surface area contributed by atoms with Gasteiger partial charge in [-0.2, -0.15) is 0 Å². The Hall–Kier alpha value is -6.32. The Labute approximate surface area is 543 Å². The van der Waals surface area contributed by atoms with Crippen LogP contribution in [0.5, 0.6) is 0 Å². The molecule has 0 saturated heterocycles. The van der Waals surface area contributed by atoms with E-state index in [2.05, 4.69) is 69.1 Å². The first-order valence-corrected chi connectivity index (χ1v) is 32.4. The number of rotatable bonds is 47.